The zero-order valence-electron chi connectivity index (χ0n) is 14.9. The van der Waals surface area contributed by atoms with E-state index < -0.39 is 0 Å². The van der Waals surface area contributed by atoms with Gasteiger partial charge in [0.05, 0.1) is 12.2 Å². The Labute approximate surface area is 152 Å². The molecule has 4 rings (SSSR count). The smallest absolute Gasteiger partial charge is 0.277 e. The molecule has 2 amide bonds. The van der Waals surface area contributed by atoms with Crippen LogP contribution in [0.5, 0.6) is 5.75 Å². The van der Waals surface area contributed by atoms with Crippen LogP contribution in [0.3, 0.4) is 0 Å². The van der Waals surface area contributed by atoms with Gasteiger partial charge in [-0.1, -0.05) is 30.3 Å². The van der Waals surface area contributed by atoms with E-state index in [-0.39, 0.29) is 11.8 Å². The van der Waals surface area contributed by atoms with Crippen LogP contribution in [0.2, 0.25) is 0 Å². The molecule has 0 unspecified atom stereocenters. The van der Waals surface area contributed by atoms with Crippen LogP contribution < -0.4 is 9.64 Å². The summed E-state index contributed by atoms with van der Waals surface area (Å²) in [5.41, 5.74) is 3.85. The normalized spacial score (nSPS) is 16.5. The number of benzene rings is 2. The van der Waals surface area contributed by atoms with Crippen LogP contribution in [-0.2, 0) is 16.0 Å². The van der Waals surface area contributed by atoms with Crippen molar-refractivity contribution in [1.82, 2.24) is 4.90 Å². The number of imide groups is 1. The number of hydrogen-bond acceptors (Lipinski definition) is 4. The average Bonchev–Trinajstić information content (AvgIpc) is 3.17. The molecule has 0 aliphatic carbocycles. The third-order valence-corrected chi connectivity index (χ3v) is 4.87. The molecule has 0 bridgehead atoms. The number of hydrogen-bond donors (Lipinski definition) is 0. The van der Waals surface area contributed by atoms with E-state index in [0.717, 1.165) is 23.4 Å². The Kier molecular flexibility index (Phi) is 3.99. The highest BCUT2D eigenvalue weighted by Gasteiger charge is 2.41. The van der Waals surface area contributed by atoms with Crippen LogP contribution in [-0.4, -0.2) is 36.9 Å². The maximum atomic E-state index is 12.8. The molecule has 0 fully saturated rings. The fourth-order valence-electron chi connectivity index (χ4n) is 3.59. The van der Waals surface area contributed by atoms with Crippen molar-refractivity contribution in [2.75, 3.05) is 25.1 Å². The maximum absolute atomic E-state index is 12.8. The second-order valence-electron chi connectivity index (χ2n) is 6.38. The molecular weight excluding hydrogens is 328 g/mol. The Morgan fingerprint density at radius 3 is 2.46 bits per heavy atom. The lowest BCUT2D eigenvalue weighted by molar-refractivity contribution is -0.135. The van der Waals surface area contributed by atoms with Gasteiger partial charge in [0.2, 0.25) is 0 Å². The summed E-state index contributed by atoms with van der Waals surface area (Å²) < 4.78 is 5.48. The van der Waals surface area contributed by atoms with E-state index in [2.05, 4.69) is 6.07 Å². The standard InChI is InChI=1S/C21H20N2O3/c1-3-26-16-10-8-15(9-11-16)18-19(21(25)22(2)20(18)24)23-13-12-14-6-4-5-7-17(14)23/h4-11H,3,12-13H2,1-2H3. The topological polar surface area (TPSA) is 49.9 Å². The highest BCUT2D eigenvalue weighted by atomic mass is 16.5. The third kappa shape index (κ3) is 2.47. The summed E-state index contributed by atoms with van der Waals surface area (Å²) in [7, 11) is 1.54. The van der Waals surface area contributed by atoms with E-state index in [9.17, 15) is 9.59 Å². The number of rotatable bonds is 4. The molecule has 0 N–H and O–H groups in total. The van der Waals surface area contributed by atoms with Crippen molar-refractivity contribution in [3.8, 4) is 5.75 Å². The monoisotopic (exact) mass is 348 g/mol. The Bertz CT molecular complexity index is 915. The van der Waals surface area contributed by atoms with Crippen LogP contribution in [0.1, 0.15) is 18.1 Å². The molecule has 2 aliphatic rings. The first-order chi connectivity index (χ1) is 12.6. The number of fused-ring (bicyclic) bond motifs is 1. The fourth-order valence-corrected chi connectivity index (χ4v) is 3.59. The first-order valence-corrected chi connectivity index (χ1v) is 8.77. The van der Waals surface area contributed by atoms with E-state index in [1.54, 1.807) is 0 Å². The molecule has 0 atom stereocenters. The largest absolute Gasteiger partial charge is 0.494 e. The number of likely N-dealkylation sites (N-methyl/N-ethyl adjacent to an activating group) is 1. The number of carbonyl (C=O) groups excluding carboxylic acids is 2. The molecule has 2 aromatic rings. The number of anilines is 1. The van der Waals surface area contributed by atoms with Crippen LogP contribution >= 0.6 is 0 Å². The van der Waals surface area contributed by atoms with E-state index in [0.29, 0.717) is 24.4 Å². The van der Waals surface area contributed by atoms with Crippen LogP contribution in [0.15, 0.2) is 54.2 Å². The van der Waals surface area contributed by atoms with Crippen LogP contribution in [0, 0.1) is 0 Å². The predicted octanol–water partition coefficient (Wildman–Crippen LogP) is 2.86. The molecule has 0 radical (unpaired) electrons. The Morgan fingerprint density at radius 1 is 1.00 bits per heavy atom. The van der Waals surface area contributed by atoms with Crippen molar-refractivity contribution in [3.05, 3.63) is 65.4 Å². The van der Waals surface area contributed by atoms with Gasteiger partial charge in [-0.25, -0.2) is 0 Å². The zero-order chi connectivity index (χ0) is 18.3. The minimum absolute atomic E-state index is 0.254. The molecule has 2 aromatic carbocycles. The fraction of sp³-hybridized carbons (Fsp3) is 0.238. The van der Waals surface area contributed by atoms with Gasteiger partial charge in [0.1, 0.15) is 11.4 Å². The van der Waals surface area contributed by atoms with Gasteiger partial charge in [-0.05, 0) is 42.7 Å². The quantitative estimate of drug-likeness (QED) is 0.797. The summed E-state index contributed by atoms with van der Waals surface area (Å²) in [6.07, 6.45) is 0.863. The SMILES string of the molecule is CCOc1ccc(C2=C(N3CCc4ccccc43)C(=O)N(C)C2=O)cc1. The molecule has 2 aliphatic heterocycles. The van der Waals surface area contributed by atoms with Crippen molar-refractivity contribution in [2.24, 2.45) is 0 Å². The molecule has 5 nitrogen and oxygen atoms in total. The van der Waals surface area contributed by atoms with Crippen molar-refractivity contribution in [3.63, 3.8) is 0 Å². The summed E-state index contributed by atoms with van der Waals surface area (Å²) in [6.45, 7) is 3.20. The molecule has 0 saturated carbocycles. The summed E-state index contributed by atoms with van der Waals surface area (Å²) in [6, 6.07) is 15.4. The summed E-state index contributed by atoms with van der Waals surface area (Å²) in [5.74, 6) is 0.226. The Hall–Kier alpha value is -3.08. The number of carbonyl (C=O) groups is 2. The number of amides is 2. The van der Waals surface area contributed by atoms with E-state index >= 15 is 0 Å². The van der Waals surface area contributed by atoms with Crippen molar-refractivity contribution >= 4 is 23.1 Å². The number of ether oxygens (including phenoxy) is 1. The van der Waals surface area contributed by atoms with Gasteiger partial charge >= 0.3 is 0 Å². The third-order valence-electron chi connectivity index (χ3n) is 4.87. The van der Waals surface area contributed by atoms with Crippen molar-refractivity contribution in [2.45, 2.75) is 13.3 Å². The first-order valence-electron chi connectivity index (χ1n) is 8.77. The van der Waals surface area contributed by atoms with Crippen LogP contribution in [0.4, 0.5) is 5.69 Å². The van der Waals surface area contributed by atoms with Gasteiger partial charge in [-0.2, -0.15) is 0 Å². The molecule has 0 saturated heterocycles. The lowest BCUT2D eigenvalue weighted by Gasteiger charge is -2.21. The number of para-hydroxylation sites is 1. The van der Waals surface area contributed by atoms with Gasteiger partial charge in [0.15, 0.2) is 0 Å². The van der Waals surface area contributed by atoms with Gasteiger partial charge in [-0.15, -0.1) is 0 Å². The van der Waals surface area contributed by atoms with Gasteiger partial charge in [0, 0.05) is 19.3 Å². The first kappa shape index (κ1) is 16.4. The highest BCUT2D eigenvalue weighted by Crippen LogP contribution is 2.38. The lowest BCUT2D eigenvalue weighted by atomic mass is 10.0. The number of nitrogens with zero attached hydrogens (tertiary/aromatic N) is 2. The summed E-state index contributed by atoms with van der Waals surface area (Å²) in [4.78, 5) is 28.8. The minimum atomic E-state index is -0.265. The molecule has 26 heavy (non-hydrogen) atoms. The highest BCUT2D eigenvalue weighted by molar-refractivity contribution is 6.36. The molecule has 5 heteroatoms. The van der Waals surface area contributed by atoms with Gasteiger partial charge < -0.3 is 9.64 Å². The summed E-state index contributed by atoms with van der Waals surface area (Å²) >= 11 is 0. The maximum Gasteiger partial charge on any atom is 0.277 e. The Morgan fingerprint density at radius 2 is 1.73 bits per heavy atom. The predicted molar refractivity (Wildman–Crippen MR) is 99.8 cm³/mol. The lowest BCUT2D eigenvalue weighted by Crippen LogP contribution is -2.31. The molecule has 132 valence electrons. The molecule has 0 spiro atoms. The van der Waals surface area contributed by atoms with E-state index in [4.69, 9.17) is 4.74 Å². The average molecular weight is 348 g/mol. The van der Waals surface area contributed by atoms with E-state index in [1.807, 2.05) is 54.3 Å². The van der Waals surface area contributed by atoms with E-state index in [1.165, 1.54) is 17.5 Å². The zero-order valence-corrected chi connectivity index (χ0v) is 14.9. The summed E-state index contributed by atoms with van der Waals surface area (Å²) in [5, 5.41) is 0. The van der Waals surface area contributed by atoms with Crippen LogP contribution in [0.25, 0.3) is 5.57 Å². The second-order valence-corrected chi connectivity index (χ2v) is 6.38. The molecule has 0 aromatic heterocycles. The van der Waals surface area contributed by atoms with Crippen molar-refractivity contribution < 1.29 is 14.3 Å². The Balaban J connectivity index is 1.83. The van der Waals surface area contributed by atoms with Gasteiger partial charge in [-0.3, -0.25) is 14.5 Å². The van der Waals surface area contributed by atoms with Gasteiger partial charge in [0.25, 0.3) is 11.8 Å². The minimum Gasteiger partial charge on any atom is -0.494 e. The molecule has 2 heterocycles. The van der Waals surface area contributed by atoms with Crippen molar-refractivity contribution in [1.29, 1.82) is 0 Å². The molecular formula is C21H20N2O3. The second kappa shape index (κ2) is 6.33.